The van der Waals surface area contributed by atoms with Gasteiger partial charge in [-0.15, -0.1) is 0 Å². The number of carboxylic acids is 2. The van der Waals surface area contributed by atoms with Crippen LogP contribution >= 0.6 is 0 Å². The van der Waals surface area contributed by atoms with Gasteiger partial charge in [-0.2, -0.15) is 0 Å². The Bertz CT molecular complexity index is 1150. The number of benzene rings is 2. The molecule has 2 atom stereocenters. The van der Waals surface area contributed by atoms with E-state index in [4.69, 9.17) is 24.6 Å². The van der Waals surface area contributed by atoms with E-state index >= 15 is 0 Å². The number of carbonyl (C=O) groups is 3. The molecule has 1 fully saturated rings. The van der Waals surface area contributed by atoms with Gasteiger partial charge in [-0.1, -0.05) is 73.5 Å². The number of amides is 1. The lowest BCUT2D eigenvalue weighted by Gasteiger charge is -2.43. The molecule has 3 N–H and O–H groups in total. The molecule has 1 aliphatic rings. The average molecular weight is 538 g/mol. The molecule has 39 heavy (non-hydrogen) atoms. The van der Waals surface area contributed by atoms with E-state index in [2.05, 4.69) is 36.5 Å². The number of aliphatic carboxylic acids is 2. The Morgan fingerprint density at radius 1 is 1.08 bits per heavy atom. The van der Waals surface area contributed by atoms with Crippen LogP contribution < -0.4 is 10.2 Å². The van der Waals surface area contributed by atoms with E-state index in [0.717, 1.165) is 35.4 Å². The third-order valence-corrected chi connectivity index (χ3v) is 6.16. The number of hydrogen-bond acceptors (Lipinski definition) is 6. The van der Waals surface area contributed by atoms with Crippen LogP contribution in [0.3, 0.4) is 0 Å². The third-order valence-electron chi connectivity index (χ3n) is 6.16. The molecule has 0 aromatic heterocycles. The van der Waals surface area contributed by atoms with Gasteiger partial charge in [0, 0.05) is 17.3 Å². The summed E-state index contributed by atoms with van der Waals surface area (Å²) >= 11 is 0. The first kappa shape index (κ1) is 31.2. The molecule has 0 spiro atoms. The highest BCUT2D eigenvalue weighted by molar-refractivity contribution is 6.27. The quantitative estimate of drug-likeness (QED) is 0.0856. The van der Waals surface area contributed by atoms with Gasteiger partial charge >= 0.3 is 11.9 Å². The molecule has 1 amide bonds. The van der Waals surface area contributed by atoms with Crippen molar-refractivity contribution in [3.63, 3.8) is 0 Å². The van der Waals surface area contributed by atoms with Crippen molar-refractivity contribution in [3.05, 3.63) is 77.4 Å². The fraction of sp³-hybridized carbons (Fsp3) is 0.400. The molecule has 1 saturated heterocycles. The first-order valence-corrected chi connectivity index (χ1v) is 13.2. The van der Waals surface area contributed by atoms with Crippen molar-refractivity contribution in [1.82, 2.24) is 5.32 Å². The summed E-state index contributed by atoms with van der Waals surface area (Å²) < 4.78 is 0. The largest absolute Gasteiger partial charge is 0.473 e. The number of anilines is 1. The topological polar surface area (TPSA) is 129 Å². The van der Waals surface area contributed by atoms with Crippen molar-refractivity contribution >= 4 is 29.2 Å². The molecule has 2 aromatic carbocycles. The maximum Gasteiger partial charge on any atom is 0.414 e. The maximum absolute atomic E-state index is 13.1. The van der Waals surface area contributed by atoms with Crippen LogP contribution in [0.1, 0.15) is 63.6 Å². The number of β-lactam (4-membered cyclic amide) rings is 1. The second kappa shape index (κ2) is 16.1. The molecule has 0 aliphatic carbocycles. The molecule has 2 unspecified atom stereocenters. The number of allylic oxidation sites excluding steroid dienone is 1. The Balaban J connectivity index is 0.000000798. The van der Waals surface area contributed by atoms with E-state index in [0.29, 0.717) is 18.4 Å². The minimum absolute atomic E-state index is 0.0120. The number of aryl methyl sites for hydroxylation is 1. The monoisotopic (exact) mass is 537 g/mol. The van der Waals surface area contributed by atoms with Crippen LogP contribution in [-0.4, -0.2) is 53.0 Å². The molecule has 1 aliphatic heterocycles. The average Bonchev–Trinajstić information content (AvgIpc) is 2.92. The summed E-state index contributed by atoms with van der Waals surface area (Å²) in [5, 5.41) is 22.5. The minimum atomic E-state index is -1.82. The fourth-order valence-electron chi connectivity index (χ4n) is 4.13. The van der Waals surface area contributed by atoms with E-state index in [1.54, 1.807) is 0 Å². The van der Waals surface area contributed by atoms with Gasteiger partial charge in [-0.25, -0.2) is 9.59 Å². The van der Waals surface area contributed by atoms with Crippen molar-refractivity contribution in [2.24, 2.45) is 5.16 Å². The summed E-state index contributed by atoms with van der Waals surface area (Å²) in [6.07, 6.45) is 6.45. The first-order valence-electron chi connectivity index (χ1n) is 13.2. The van der Waals surface area contributed by atoms with Crippen LogP contribution in [0.15, 0.2) is 71.4 Å². The molecule has 2 aromatic rings. The van der Waals surface area contributed by atoms with Gasteiger partial charge in [0.2, 0.25) is 0 Å². The summed E-state index contributed by atoms with van der Waals surface area (Å²) in [5.74, 6) is -3.64. The number of rotatable bonds is 12. The van der Waals surface area contributed by atoms with Crippen LogP contribution in [0.2, 0.25) is 0 Å². The highest BCUT2D eigenvalue weighted by Crippen LogP contribution is 2.44. The van der Waals surface area contributed by atoms with Crippen LogP contribution in [0, 0.1) is 6.92 Å². The lowest BCUT2D eigenvalue weighted by atomic mass is 9.86. The predicted octanol–water partition coefficient (Wildman–Crippen LogP) is 5.12. The van der Waals surface area contributed by atoms with Crippen LogP contribution in [-0.2, 0) is 19.2 Å². The predicted molar refractivity (Wildman–Crippen MR) is 152 cm³/mol. The zero-order valence-electron chi connectivity index (χ0n) is 23.1. The molecular weight excluding hydrogens is 498 g/mol. The van der Waals surface area contributed by atoms with E-state index in [1.807, 2.05) is 67.3 Å². The standard InChI is InChI=1S/C28H37N3O2.C2H2O4/c1-5-6-14-22(3)29-18-12-19-33-30-23(4)20-25-27(24-15-8-7-9-16-24)31(28(25)32)26-17-11-10-13-21(26)2;3-1(4)2(5)6/h7-11,13,15-17,20,22,27,29H,5-6,12,14,18-19H2,1-4H3;(H,3,4)(H,5,6)/b25-20+,30-23+;. The highest BCUT2D eigenvalue weighted by Gasteiger charge is 2.44. The Labute approximate surface area is 230 Å². The van der Waals surface area contributed by atoms with Crippen LogP contribution in [0.5, 0.6) is 0 Å². The molecular formula is C30H39N3O6. The Morgan fingerprint density at radius 2 is 1.72 bits per heavy atom. The molecule has 0 bridgehead atoms. The number of unbranched alkanes of at least 4 members (excludes halogenated alkanes) is 1. The molecule has 3 rings (SSSR count). The zero-order valence-corrected chi connectivity index (χ0v) is 23.1. The van der Waals surface area contributed by atoms with Gasteiger partial charge in [0.15, 0.2) is 0 Å². The van der Waals surface area contributed by atoms with Gasteiger partial charge in [-0.3, -0.25) is 9.69 Å². The first-order chi connectivity index (χ1) is 18.7. The Kier molecular flexibility index (Phi) is 12.9. The van der Waals surface area contributed by atoms with Crippen molar-refractivity contribution in [2.75, 3.05) is 18.1 Å². The van der Waals surface area contributed by atoms with E-state index in [1.165, 1.54) is 19.3 Å². The summed E-state index contributed by atoms with van der Waals surface area (Å²) in [5.41, 5.74) is 4.55. The Morgan fingerprint density at radius 3 is 2.33 bits per heavy atom. The molecule has 1 heterocycles. The molecule has 9 nitrogen and oxygen atoms in total. The zero-order chi connectivity index (χ0) is 28.8. The summed E-state index contributed by atoms with van der Waals surface area (Å²) in [7, 11) is 0. The van der Waals surface area contributed by atoms with Crippen LogP contribution in [0.4, 0.5) is 5.69 Å². The molecule has 0 saturated carbocycles. The number of carboxylic acid groups (broad SMARTS) is 2. The fourth-order valence-corrected chi connectivity index (χ4v) is 4.13. The number of oxime groups is 1. The lowest BCUT2D eigenvalue weighted by molar-refractivity contribution is -0.159. The van der Waals surface area contributed by atoms with E-state index in [-0.39, 0.29) is 11.9 Å². The second-order valence-electron chi connectivity index (χ2n) is 9.40. The minimum Gasteiger partial charge on any atom is -0.473 e. The van der Waals surface area contributed by atoms with Gasteiger partial charge in [0.25, 0.3) is 5.91 Å². The summed E-state index contributed by atoms with van der Waals surface area (Å²) in [6.45, 7) is 9.83. The maximum atomic E-state index is 13.1. The van der Waals surface area contributed by atoms with Crippen LogP contribution in [0.25, 0.3) is 0 Å². The number of carbonyl (C=O) groups excluding carboxylic acids is 1. The number of para-hydroxylation sites is 1. The number of nitrogens with zero attached hydrogens (tertiary/aromatic N) is 2. The van der Waals surface area contributed by atoms with Crippen molar-refractivity contribution in [2.45, 2.75) is 65.5 Å². The van der Waals surface area contributed by atoms with Gasteiger partial charge in [0.1, 0.15) is 6.61 Å². The van der Waals surface area contributed by atoms with Crippen molar-refractivity contribution in [1.29, 1.82) is 0 Å². The smallest absolute Gasteiger partial charge is 0.414 e. The number of hydrogen-bond donors (Lipinski definition) is 3. The van der Waals surface area contributed by atoms with E-state index in [9.17, 15) is 4.79 Å². The third kappa shape index (κ3) is 9.68. The summed E-state index contributed by atoms with van der Waals surface area (Å²) in [4.78, 5) is 38.7. The van der Waals surface area contributed by atoms with Gasteiger partial charge < -0.3 is 20.4 Å². The SMILES string of the molecule is CCCCC(C)NCCCO/N=C(C)/C=C1/C(=O)N(c2ccccc2C)C1c1ccccc1.O=C(O)C(=O)O. The normalized spacial score (nSPS) is 16.7. The van der Waals surface area contributed by atoms with Crippen molar-refractivity contribution < 1.29 is 29.4 Å². The molecule has 210 valence electrons. The van der Waals surface area contributed by atoms with Crippen molar-refractivity contribution in [3.8, 4) is 0 Å². The second-order valence-corrected chi connectivity index (χ2v) is 9.40. The molecule has 9 heteroatoms. The van der Waals surface area contributed by atoms with Gasteiger partial charge in [0.05, 0.1) is 11.8 Å². The summed E-state index contributed by atoms with van der Waals surface area (Å²) in [6, 6.07) is 18.5. The van der Waals surface area contributed by atoms with E-state index < -0.39 is 11.9 Å². The lowest BCUT2D eigenvalue weighted by Crippen LogP contribution is -2.49. The molecule has 0 radical (unpaired) electrons. The highest BCUT2D eigenvalue weighted by atomic mass is 16.6. The Hall–Kier alpha value is -3.98. The number of nitrogens with one attached hydrogen (secondary N) is 1. The van der Waals surface area contributed by atoms with Gasteiger partial charge in [-0.05, 0) is 63.4 Å².